The van der Waals surface area contributed by atoms with E-state index in [2.05, 4.69) is 0 Å². The molecule has 10 heavy (non-hydrogen) atoms. The summed E-state index contributed by atoms with van der Waals surface area (Å²) < 4.78 is 0. The first-order chi connectivity index (χ1) is 4.79. The first-order valence-corrected chi connectivity index (χ1v) is 3.70. The summed E-state index contributed by atoms with van der Waals surface area (Å²) >= 11 is 0. The monoisotopic (exact) mass is 143 g/mol. The second-order valence-electron chi connectivity index (χ2n) is 1.95. The van der Waals surface area contributed by atoms with Crippen LogP contribution < -0.4 is 0 Å². The molecule has 0 saturated carbocycles. The smallest absolute Gasteiger partial charge is 0.267 e. The molecule has 0 atom stereocenters. The van der Waals surface area contributed by atoms with Gasteiger partial charge in [-0.3, -0.25) is 9.80 Å². The van der Waals surface area contributed by atoms with E-state index < -0.39 is 0 Å². The van der Waals surface area contributed by atoms with Crippen LogP contribution in [0.25, 0.3) is 0 Å². The van der Waals surface area contributed by atoms with Crippen LogP contribution in [0.4, 0.5) is 0 Å². The van der Waals surface area contributed by atoms with Gasteiger partial charge in [-0.05, 0) is 6.92 Å². The molecule has 0 rings (SSSR count). The van der Waals surface area contributed by atoms with Crippen molar-refractivity contribution in [3.05, 3.63) is 0 Å². The molecule has 0 aliphatic rings. The third kappa shape index (κ3) is 2.35. The minimum atomic E-state index is 0.700. The predicted molar refractivity (Wildman–Crippen MR) is 41.0 cm³/mol. The maximum atomic E-state index is 10.3. The van der Waals surface area contributed by atoms with Gasteiger partial charge in [0.25, 0.3) is 0 Å². The molecule has 0 aliphatic heterocycles. The Morgan fingerprint density at radius 2 is 1.60 bits per heavy atom. The fourth-order valence-corrected chi connectivity index (χ4v) is 0.887. The number of carbonyl (C=O) groups excluding carboxylic acids is 1. The SMILES string of the molecule is CCN([C]=O)N(CC)CC. The Morgan fingerprint density at radius 3 is 1.70 bits per heavy atom. The summed E-state index contributed by atoms with van der Waals surface area (Å²) in [7, 11) is 0. The molecule has 0 aromatic carbocycles. The molecule has 0 saturated heterocycles. The largest absolute Gasteiger partial charge is 0.327 e. The van der Waals surface area contributed by atoms with Crippen molar-refractivity contribution in [2.24, 2.45) is 0 Å². The third-order valence-electron chi connectivity index (χ3n) is 1.48. The van der Waals surface area contributed by atoms with E-state index in [1.165, 1.54) is 0 Å². The highest BCUT2D eigenvalue weighted by Gasteiger charge is 2.06. The van der Waals surface area contributed by atoms with E-state index in [1.807, 2.05) is 32.2 Å². The number of hydrogen-bond donors (Lipinski definition) is 0. The first-order valence-electron chi connectivity index (χ1n) is 3.70. The maximum Gasteiger partial charge on any atom is 0.327 e. The normalized spacial score (nSPS) is 10.0. The minimum Gasteiger partial charge on any atom is -0.267 e. The Hall–Kier alpha value is -0.570. The Balaban J connectivity index is 3.81. The van der Waals surface area contributed by atoms with Crippen LogP contribution in [0.2, 0.25) is 0 Å². The fraction of sp³-hybridized carbons (Fsp3) is 0.857. The second kappa shape index (κ2) is 5.23. The van der Waals surface area contributed by atoms with E-state index in [0.717, 1.165) is 13.1 Å². The Morgan fingerprint density at radius 1 is 1.10 bits per heavy atom. The van der Waals surface area contributed by atoms with Crippen molar-refractivity contribution in [1.29, 1.82) is 0 Å². The van der Waals surface area contributed by atoms with Crippen LogP contribution in [0.1, 0.15) is 20.8 Å². The molecule has 0 bridgehead atoms. The Bertz CT molecular complexity index is 91.6. The average Bonchev–Trinajstić information content (AvgIpc) is 2.00. The summed E-state index contributed by atoms with van der Waals surface area (Å²) in [5.74, 6) is 0. The van der Waals surface area contributed by atoms with Crippen LogP contribution in [0.15, 0.2) is 0 Å². The summed E-state index contributed by atoms with van der Waals surface area (Å²) in [5.41, 5.74) is 0. The zero-order chi connectivity index (χ0) is 7.98. The lowest BCUT2D eigenvalue weighted by Gasteiger charge is -2.27. The highest BCUT2D eigenvalue weighted by molar-refractivity contribution is 5.46. The number of nitrogens with zero attached hydrogens (tertiary/aromatic N) is 2. The third-order valence-corrected chi connectivity index (χ3v) is 1.48. The molecule has 0 spiro atoms. The van der Waals surface area contributed by atoms with E-state index in [4.69, 9.17) is 0 Å². The zero-order valence-electron chi connectivity index (χ0n) is 6.92. The van der Waals surface area contributed by atoms with Crippen LogP contribution in [-0.2, 0) is 4.79 Å². The summed E-state index contributed by atoms with van der Waals surface area (Å²) in [5, 5.41) is 3.49. The number of rotatable bonds is 5. The van der Waals surface area contributed by atoms with E-state index >= 15 is 0 Å². The summed E-state index contributed by atoms with van der Waals surface area (Å²) in [6, 6.07) is 0. The molecular formula is C7H15N2O. The van der Waals surface area contributed by atoms with Crippen LogP contribution >= 0.6 is 0 Å². The van der Waals surface area contributed by atoms with E-state index in [1.54, 1.807) is 5.01 Å². The van der Waals surface area contributed by atoms with Crippen molar-refractivity contribution < 1.29 is 4.79 Å². The van der Waals surface area contributed by atoms with Crippen molar-refractivity contribution in [2.75, 3.05) is 19.6 Å². The van der Waals surface area contributed by atoms with Crippen molar-refractivity contribution in [3.8, 4) is 0 Å². The quantitative estimate of drug-likeness (QED) is 0.416. The van der Waals surface area contributed by atoms with Gasteiger partial charge < -0.3 is 0 Å². The van der Waals surface area contributed by atoms with Gasteiger partial charge in [-0.2, -0.15) is 0 Å². The van der Waals surface area contributed by atoms with E-state index in [0.29, 0.717) is 6.54 Å². The highest BCUT2D eigenvalue weighted by Crippen LogP contribution is 1.92. The lowest BCUT2D eigenvalue weighted by atomic mass is 10.6. The van der Waals surface area contributed by atoms with E-state index in [9.17, 15) is 4.79 Å². The van der Waals surface area contributed by atoms with Crippen LogP contribution in [0.3, 0.4) is 0 Å². The maximum absolute atomic E-state index is 10.3. The Kier molecular flexibility index (Phi) is 4.94. The van der Waals surface area contributed by atoms with Crippen molar-refractivity contribution in [2.45, 2.75) is 20.8 Å². The molecular weight excluding hydrogens is 128 g/mol. The zero-order valence-corrected chi connectivity index (χ0v) is 6.92. The molecule has 0 N–H and O–H groups in total. The predicted octanol–water partition coefficient (Wildman–Crippen LogP) is 0.632. The number of amides is 1. The fourth-order valence-electron chi connectivity index (χ4n) is 0.887. The van der Waals surface area contributed by atoms with Gasteiger partial charge in [0.05, 0.1) is 0 Å². The molecule has 0 unspecified atom stereocenters. The molecule has 3 nitrogen and oxygen atoms in total. The molecule has 0 heterocycles. The molecule has 1 radical (unpaired) electrons. The molecule has 1 amide bonds. The second-order valence-corrected chi connectivity index (χ2v) is 1.95. The van der Waals surface area contributed by atoms with Crippen molar-refractivity contribution in [1.82, 2.24) is 10.0 Å². The standard InChI is InChI=1S/C7H15N2O/c1-4-8(5-2)9(6-3)7-10/h4-6H2,1-3H3. The van der Waals surface area contributed by atoms with Gasteiger partial charge in [-0.1, -0.05) is 13.8 Å². The van der Waals surface area contributed by atoms with Crippen LogP contribution in [0.5, 0.6) is 0 Å². The molecule has 0 aromatic heterocycles. The number of hydrazine groups is 1. The van der Waals surface area contributed by atoms with Crippen LogP contribution in [0, 0.1) is 0 Å². The Labute approximate surface area is 62.6 Å². The summed E-state index contributed by atoms with van der Waals surface area (Å²) in [6.07, 6.45) is 1.86. The average molecular weight is 143 g/mol. The molecule has 0 aliphatic carbocycles. The highest BCUT2D eigenvalue weighted by atomic mass is 16.1. The molecule has 59 valence electrons. The molecule has 0 fully saturated rings. The van der Waals surface area contributed by atoms with E-state index in [-0.39, 0.29) is 0 Å². The first kappa shape index (κ1) is 9.43. The lowest BCUT2D eigenvalue weighted by Crippen LogP contribution is -2.41. The van der Waals surface area contributed by atoms with Gasteiger partial charge in [0.2, 0.25) is 0 Å². The summed E-state index contributed by atoms with van der Waals surface area (Å²) in [4.78, 5) is 10.3. The lowest BCUT2D eigenvalue weighted by molar-refractivity contribution is 0.0588. The van der Waals surface area contributed by atoms with Gasteiger partial charge >= 0.3 is 6.41 Å². The van der Waals surface area contributed by atoms with Gasteiger partial charge in [-0.15, -0.1) is 0 Å². The molecule has 0 aromatic rings. The minimum absolute atomic E-state index is 0.700. The topological polar surface area (TPSA) is 23.6 Å². The number of hydrogen-bond acceptors (Lipinski definition) is 2. The van der Waals surface area contributed by atoms with Crippen molar-refractivity contribution >= 4 is 6.41 Å². The van der Waals surface area contributed by atoms with Crippen molar-refractivity contribution in [3.63, 3.8) is 0 Å². The van der Waals surface area contributed by atoms with Gasteiger partial charge in [0, 0.05) is 19.6 Å². The van der Waals surface area contributed by atoms with Gasteiger partial charge in [0.1, 0.15) is 0 Å². The van der Waals surface area contributed by atoms with Gasteiger partial charge in [0.15, 0.2) is 0 Å². The van der Waals surface area contributed by atoms with Gasteiger partial charge in [-0.25, -0.2) is 5.01 Å². The molecule has 3 heteroatoms. The van der Waals surface area contributed by atoms with Crippen LogP contribution in [-0.4, -0.2) is 36.1 Å². The summed E-state index contributed by atoms with van der Waals surface area (Å²) in [6.45, 7) is 8.39.